The van der Waals surface area contributed by atoms with Crippen molar-refractivity contribution in [1.29, 1.82) is 0 Å². The molecule has 1 saturated carbocycles. The van der Waals surface area contributed by atoms with Crippen molar-refractivity contribution in [2.45, 2.75) is 71.0 Å². The van der Waals surface area contributed by atoms with Crippen LogP contribution in [0.4, 0.5) is 13.2 Å². The van der Waals surface area contributed by atoms with Crippen LogP contribution in [0, 0.1) is 11.8 Å². The topological polar surface area (TPSA) is 12.0 Å². The Balaban J connectivity index is 2.14. The molecule has 0 radical (unpaired) electrons. The molecule has 4 heteroatoms. The summed E-state index contributed by atoms with van der Waals surface area (Å²) < 4.78 is 36.0. The number of rotatable bonds is 6. The van der Waals surface area contributed by atoms with E-state index in [1.54, 1.807) is 0 Å². The lowest BCUT2D eigenvalue weighted by Gasteiger charge is -2.31. The Hall–Kier alpha value is -0.250. The number of hydrogen-bond donors (Lipinski definition) is 1. The van der Waals surface area contributed by atoms with Crippen LogP contribution in [-0.2, 0) is 0 Å². The molecule has 0 aromatic carbocycles. The molecule has 1 rings (SSSR count). The first-order chi connectivity index (χ1) is 8.37. The van der Waals surface area contributed by atoms with Crippen LogP contribution >= 0.6 is 0 Å². The Morgan fingerprint density at radius 1 is 1.22 bits per heavy atom. The van der Waals surface area contributed by atoms with Gasteiger partial charge in [0, 0.05) is 12.5 Å². The lowest BCUT2D eigenvalue weighted by molar-refractivity contribution is -0.135. The fraction of sp³-hybridized carbons (Fsp3) is 1.00. The molecule has 0 amide bonds. The molecule has 0 aromatic heterocycles. The molecule has 2 unspecified atom stereocenters. The highest BCUT2D eigenvalue weighted by Crippen LogP contribution is 2.29. The van der Waals surface area contributed by atoms with Crippen molar-refractivity contribution < 1.29 is 13.2 Å². The van der Waals surface area contributed by atoms with Gasteiger partial charge in [-0.1, -0.05) is 26.7 Å². The summed E-state index contributed by atoms with van der Waals surface area (Å²) in [5.41, 5.74) is 0. The fourth-order valence-electron chi connectivity index (χ4n) is 2.95. The minimum Gasteiger partial charge on any atom is -0.314 e. The second kappa shape index (κ2) is 7.37. The van der Waals surface area contributed by atoms with E-state index in [0.29, 0.717) is 12.6 Å². The first-order valence-corrected chi connectivity index (χ1v) is 7.17. The van der Waals surface area contributed by atoms with Crippen LogP contribution in [0.25, 0.3) is 0 Å². The Labute approximate surface area is 109 Å². The van der Waals surface area contributed by atoms with Gasteiger partial charge in [0.2, 0.25) is 0 Å². The molecule has 0 heterocycles. The lowest BCUT2D eigenvalue weighted by atomic mass is 9.81. The van der Waals surface area contributed by atoms with Gasteiger partial charge in [-0.05, 0) is 44.1 Å². The van der Waals surface area contributed by atoms with Crippen LogP contribution in [0.15, 0.2) is 0 Å². The number of halogens is 3. The lowest BCUT2D eigenvalue weighted by Crippen LogP contribution is -2.35. The van der Waals surface area contributed by atoms with Crippen molar-refractivity contribution in [3.05, 3.63) is 0 Å². The average Bonchev–Trinajstić information content (AvgIpc) is 2.23. The van der Waals surface area contributed by atoms with E-state index in [-0.39, 0.29) is 6.42 Å². The molecule has 0 saturated heterocycles. The van der Waals surface area contributed by atoms with E-state index >= 15 is 0 Å². The number of alkyl halides is 3. The Morgan fingerprint density at radius 2 is 1.94 bits per heavy atom. The maximum absolute atomic E-state index is 12.0. The highest BCUT2D eigenvalue weighted by atomic mass is 19.4. The first-order valence-electron chi connectivity index (χ1n) is 7.17. The molecule has 1 N–H and O–H groups in total. The summed E-state index contributed by atoms with van der Waals surface area (Å²) in [6.45, 7) is 4.97. The molecular weight excluding hydrogens is 239 g/mol. The zero-order chi connectivity index (χ0) is 13.6. The van der Waals surface area contributed by atoms with Crippen LogP contribution < -0.4 is 5.32 Å². The normalized spacial score (nSPS) is 25.7. The maximum Gasteiger partial charge on any atom is 0.389 e. The fourth-order valence-corrected chi connectivity index (χ4v) is 2.95. The van der Waals surface area contributed by atoms with Gasteiger partial charge in [-0.2, -0.15) is 13.2 Å². The summed E-state index contributed by atoms with van der Waals surface area (Å²) in [5.74, 6) is 1.48. The van der Waals surface area contributed by atoms with E-state index in [1.165, 1.54) is 19.3 Å². The largest absolute Gasteiger partial charge is 0.389 e. The minimum absolute atomic E-state index is 0.203. The van der Waals surface area contributed by atoms with E-state index in [1.807, 2.05) is 0 Å². The predicted octanol–water partition coefficient (Wildman–Crippen LogP) is 4.52. The Kier molecular flexibility index (Phi) is 6.47. The zero-order valence-electron chi connectivity index (χ0n) is 11.5. The summed E-state index contributed by atoms with van der Waals surface area (Å²) in [4.78, 5) is 0. The number of hydrogen-bond acceptors (Lipinski definition) is 1. The molecule has 0 aliphatic heterocycles. The summed E-state index contributed by atoms with van der Waals surface area (Å²) in [7, 11) is 0. The van der Waals surface area contributed by atoms with Gasteiger partial charge in [-0.15, -0.1) is 0 Å². The van der Waals surface area contributed by atoms with Crippen LogP contribution in [0.1, 0.15) is 58.8 Å². The molecule has 0 spiro atoms. The molecule has 108 valence electrons. The predicted molar refractivity (Wildman–Crippen MR) is 68.5 cm³/mol. The van der Waals surface area contributed by atoms with Crippen molar-refractivity contribution in [2.75, 3.05) is 6.54 Å². The summed E-state index contributed by atoms with van der Waals surface area (Å²) in [5, 5.41) is 3.30. The summed E-state index contributed by atoms with van der Waals surface area (Å²) in [6.07, 6.45) is 1.56. The SMILES string of the molecule is CC(C)CC1CCCC(NCCCC(F)(F)F)C1. The molecule has 1 nitrogen and oxygen atoms in total. The van der Waals surface area contributed by atoms with Gasteiger partial charge in [0.15, 0.2) is 0 Å². The van der Waals surface area contributed by atoms with Crippen LogP contribution in [0.5, 0.6) is 0 Å². The third kappa shape index (κ3) is 7.24. The minimum atomic E-state index is -4.01. The monoisotopic (exact) mass is 265 g/mol. The highest BCUT2D eigenvalue weighted by molar-refractivity contribution is 4.78. The molecule has 2 atom stereocenters. The second-order valence-corrected chi connectivity index (χ2v) is 6.03. The molecule has 0 aromatic rings. The van der Waals surface area contributed by atoms with Gasteiger partial charge >= 0.3 is 6.18 Å². The van der Waals surface area contributed by atoms with Gasteiger partial charge in [0.1, 0.15) is 0 Å². The van der Waals surface area contributed by atoms with Crippen molar-refractivity contribution in [3.63, 3.8) is 0 Å². The second-order valence-electron chi connectivity index (χ2n) is 6.03. The molecule has 18 heavy (non-hydrogen) atoms. The molecule has 1 aliphatic carbocycles. The van der Waals surface area contributed by atoms with Crippen LogP contribution in [0.3, 0.4) is 0 Å². The van der Waals surface area contributed by atoms with Crippen molar-refractivity contribution in [2.24, 2.45) is 11.8 Å². The van der Waals surface area contributed by atoms with Crippen molar-refractivity contribution in [3.8, 4) is 0 Å². The van der Waals surface area contributed by atoms with Crippen LogP contribution in [-0.4, -0.2) is 18.8 Å². The molecule has 0 bridgehead atoms. The van der Waals surface area contributed by atoms with Gasteiger partial charge < -0.3 is 5.32 Å². The van der Waals surface area contributed by atoms with E-state index in [4.69, 9.17) is 0 Å². The standard InChI is InChI=1S/C14H26F3N/c1-11(2)9-12-5-3-6-13(10-12)18-8-4-7-14(15,16)17/h11-13,18H,3-10H2,1-2H3. The third-order valence-electron chi connectivity index (χ3n) is 3.66. The van der Waals surface area contributed by atoms with Crippen molar-refractivity contribution in [1.82, 2.24) is 5.32 Å². The number of nitrogens with one attached hydrogen (secondary N) is 1. The van der Waals surface area contributed by atoms with E-state index in [9.17, 15) is 13.2 Å². The molecule has 1 aliphatic rings. The highest BCUT2D eigenvalue weighted by Gasteiger charge is 2.26. The third-order valence-corrected chi connectivity index (χ3v) is 3.66. The van der Waals surface area contributed by atoms with Gasteiger partial charge in [0.05, 0.1) is 0 Å². The average molecular weight is 265 g/mol. The smallest absolute Gasteiger partial charge is 0.314 e. The van der Waals surface area contributed by atoms with E-state index in [2.05, 4.69) is 19.2 Å². The zero-order valence-corrected chi connectivity index (χ0v) is 11.5. The molecular formula is C14H26F3N. The van der Waals surface area contributed by atoms with E-state index in [0.717, 1.165) is 24.7 Å². The van der Waals surface area contributed by atoms with E-state index < -0.39 is 12.6 Å². The molecule has 1 fully saturated rings. The summed E-state index contributed by atoms with van der Waals surface area (Å²) >= 11 is 0. The Morgan fingerprint density at radius 3 is 2.56 bits per heavy atom. The maximum atomic E-state index is 12.0. The van der Waals surface area contributed by atoms with Gasteiger partial charge in [-0.3, -0.25) is 0 Å². The quantitative estimate of drug-likeness (QED) is 0.696. The van der Waals surface area contributed by atoms with Gasteiger partial charge in [-0.25, -0.2) is 0 Å². The summed E-state index contributed by atoms with van der Waals surface area (Å²) in [6, 6.07) is 0.440. The van der Waals surface area contributed by atoms with Crippen molar-refractivity contribution >= 4 is 0 Å². The van der Waals surface area contributed by atoms with Crippen LogP contribution in [0.2, 0.25) is 0 Å². The Bertz CT molecular complexity index is 226. The van der Waals surface area contributed by atoms with Gasteiger partial charge in [0.25, 0.3) is 0 Å². The first kappa shape index (κ1) is 15.8.